The third-order valence-corrected chi connectivity index (χ3v) is 7.41. The lowest BCUT2D eigenvalue weighted by atomic mass is 10.0. The normalized spacial score (nSPS) is 20.0. The molecule has 2 aliphatic heterocycles. The number of ether oxygens (including phenoxy) is 1. The number of rotatable bonds is 3. The molecule has 3 rings (SSSR count). The highest BCUT2D eigenvalue weighted by atomic mass is 32.2. The van der Waals surface area contributed by atoms with Crippen LogP contribution >= 0.6 is 0 Å². The average Bonchev–Trinajstić information content (AvgIpc) is 2.86. The van der Waals surface area contributed by atoms with Crippen molar-refractivity contribution in [1.29, 1.82) is 0 Å². The molecule has 2 heterocycles. The first-order valence-electron chi connectivity index (χ1n) is 10.9. The summed E-state index contributed by atoms with van der Waals surface area (Å²) in [5, 5.41) is 3.21. The number of piperidine rings is 1. The molecular formula is C23H33N3O5S. The van der Waals surface area contributed by atoms with E-state index in [1.165, 1.54) is 0 Å². The van der Waals surface area contributed by atoms with Gasteiger partial charge in [-0.2, -0.15) is 0 Å². The van der Waals surface area contributed by atoms with Crippen LogP contribution in [0.15, 0.2) is 36.0 Å². The van der Waals surface area contributed by atoms with Crippen LogP contribution in [-0.4, -0.2) is 59.9 Å². The largest absolute Gasteiger partial charge is 0.444 e. The van der Waals surface area contributed by atoms with E-state index >= 15 is 0 Å². The highest BCUT2D eigenvalue weighted by molar-refractivity contribution is 7.99. The molecule has 1 aromatic carbocycles. The monoisotopic (exact) mass is 463 g/mol. The smallest absolute Gasteiger partial charge is 0.410 e. The van der Waals surface area contributed by atoms with Gasteiger partial charge >= 0.3 is 6.09 Å². The summed E-state index contributed by atoms with van der Waals surface area (Å²) in [6.07, 6.45) is 0.792. The summed E-state index contributed by atoms with van der Waals surface area (Å²) in [5.74, 6) is -0.550. The summed E-state index contributed by atoms with van der Waals surface area (Å²) in [6, 6.07) is 8.55. The Morgan fingerprint density at radius 1 is 1.03 bits per heavy atom. The molecule has 2 aliphatic rings. The third-order valence-electron chi connectivity index (χ3n) is 5.26. The number of carbonyl (C=O) groups is 2. The van der Waals surface area contributed by atoms with Crippen molar-refractivity contribution in [3.63, 3.8) is 0 Å². The van der Waals surface area contributed by atoms with E-state index in [9.17, 15) is 18.0 Å². The minimum atomic E-state index is -4.02. The highest BCUT2D eigenvalue weighted by Crippen LogP contribution is 2.39. The Bertz CT molecular complexity index is 1010. The predicted octanol–water partition coefficient (Wildman–Crippen LogP) is 3.31. The van der Waals surface area contributed by atoms with Gasteiger partial charge in [-0.25, -0.2) is 17.5 Å². The second kappa shape index (κ2) is 8.42. The molecule has 32 heavy (non-hydrogen) atoms. The topological polar surface area (TPSA) is 96.0 Å². The van der Waals surface area contributed by atoms with Gasteiger partial charge in [-0.05, 0) is 59.9 Å². The summed E-state index contributed by atoms with van der Waals surface area (Å²) < 4.78 is 33.2. The van der Waals surface area contributed by atoms with Gasteiger partial charge in [0.05, 0.1) is 5.54 Å². The van der Waals surface area contributed by atoms with E-state index in [4.69, 9.17) is 4.74 Å². The van der Waals surface area contributed by atoms with Crippen molar-refractivity contribution in [1.82, 2.24) is 14.5 Å². The molecule has 0 aromatic heterocycles. The summed E-state index contributed by atoms with van der Waals surface area (Å²) >= 11 is 0. The maximum atomic E-state index is 13.4. The maximum absolute atomic E-state index is 13.4. The number of sulfonamides is 1. The quantitative estimate of drug-likeness (QED) is 0.739. The number of nitrogens with zero attached hydrogens (tertiary/aromatic N) is 2. The summed E-state index contributed by atoms with van der Waals surface area (Å²) in [6.45, 7) is 11.5. The summed E-state index contributed by atoms with van der Waals surface area (Å²) in [4.78, 5) is 27.3. The second-order valence-electron chi connectivity index (χ2n) is 10.2. The molecule has 1 fully saturated rings. The van der Waals surface area contributed by atoms with E-state index in [0.717, 1.165) is 4.31 Å². The number of amides is 2. The van der Waals surface area contributed by atoms with Crippen molar-refractivity contribution in [3.05, 3.63) is 41.6 Å². The number of hydrogen-bond acceptors (Lipinski definition) is 6. The van der Waals surface area contributed by atoms with E-state index in [1.807, 2.05) is 20.8 Å². The minimum Gasteiger partial charge on any atom is -0.444 e. The molecule has 0 saturated carbocycles. The summed E-state index contributed by atoms with van der Waals surface area (Å²) in [5.41, 5.74) is -0.898. The van der Waals surface area contributed by atoms with E-state index in [1.54, 1.807) is 56.0 Å². The first-order valence-corrected chi connectivity index (χ1v) is 12.3. The minimum absolute atomic E-state index is 0.00703. The molecule has 8 nitrogen and oxygen atoms in total. The zero-order valence-electron chi connectivity index (χ0n) is 19.6. The first-order chi connectivity index (χ1) is 14.7. The molecule has 0 unspecified atom stereocenters. The molecule has 2 amide bonds. The molecule has 0 radical (unpaired) electrons. The van der Waals surface area contributed by atoms with Gasteiger partial charge in [-0.1, -0.05) is 30.3 Å². The van der Waals surface area contributed by atoms with Crippen LogP contribution in [0.5, 0.6) is 0 Å². The van der Waals surface area contributed by atoms with Crippen molar-refractivity contribution in [2.75, 3.05) is 13.1 Å². The number of benzene rings is 1. The Morgan fingerprint density at radius 3 is 2.09 bits per heavy atom. The molecular weight excluding hydrogens is 430 g/mol. The van der Waals surface area contributed by atoms with Crippen LogP contribution in [0.4, 0.5) is 4.79 Å². The Balaban J connectivity index is 1.85. The number of hydrogen-bond donors (Lipinski definition) is 1. The molecule has 1 aromatic rings. The van der Waals surface area contributed by atoms with Crippen LogP contribution in [-0.2, 0) is 19.6 Å². The van der Waals surface area contributed by atoms with Gasteiger partial charge in [0.15, 0.2) is 0 Å². The lowest BCUT2D eigenvalue weighted by Crippen LogP contribution is -2.49. The molecule has 0 atom stereocenters. The number of carbonyl (C=O) groups excluding carboxylic acids is 2. The van der Waals surface area contributed by atoms with Crippen LogP contribution in [0.2, 0.25) is 0 Å². The molecule has 1 saturated heterocycles. The Hall–Kier alpha value is -2.55. The van der Waals surface area contributed by atoms with Gasteiger partial charge in [0.25, 0.3) is 15.9 Å². The fourth-order valence-corrected chi connectivity index (χ4v) is 5.99. The number of likely N-dealkylation sites (tertiary alicyclic amines) is 1. The van der Waals surface area contributed by atoms with Crippen molar-refractivity contribution in [2.45, 2.75) is 71.6 Å². The molecule has 0 aliphatic carbocycles. The van der Waals surface area contributed by atoms with Gasteiger partial charge in [-0.3, -0.25) is 4.79 Å². The van der Waals surface area contributed by atoms with E-state index in [2.05, 4.69) is 5.32 Å². The SMILES string of the molecule is CC(C)(C)OC(=O)N1CCC(NC2=C(c3ccccc3)S(=O)(=O)N(C(C)(C)C)C2=O)CC1. The Morgan fingerprint density at radius 2 is 1.59 bits per heavy atom. The predicted molar refractivity (Wildman–Crippen MR) is 123 cm³/mol. The maximum Gasteiger partial charge on any atom is 0.410 e. The first kappa shape index (κ1) is 24.1. The fourth-order valence-electron chi connectivity index (χ4n) is 3.94. The lowest BCUT2D eigenvalue weighted by molar-refractivity contribution is -0.125. The van der Waals surface area contributed by atoms with Gasteiger partial charge in [0, 0.05) is 19.1 Å². The average molecular weight is 464 g/mol. The molecule has 9 heteroatoms. The Kier molecular flexibility index (Phi) is 6.34. The van der Waals surface area contributed by atoms with Crippen LogP contribution in [0.25, 0.3) is 4.91 Å². The van der Waals surface area contributed by atoms with Crippen molar-refractivity contribution in [2.24, 2.45) is 0 Å². The second-order valence-corrected chi connectivity index (χ2v) is 11.9. The van der Waals surface area contributed by atoms with Gasteiger partial charge < -0.3 is 15.0 Å². The Labute approximate surface area is 190 Å². The fraction of sp³-hybridized carbons (Fsp3) is 0.565. The zero-order valence-corrected chi connectivity index (χ0v) is 20.5. The molecule has 1 N–H and O–H groups in total. The standard InChI is InChI=1S/C23H33N3O5S/c1-22(2,3)26-20(27)18(19(32(26,29)30)16-10-8-7-9-11-16)24-17-12-14-25(15-13-17)21(28)31-23(4,5)6/h7-11,17,24H,12-15H2,1-6H3. The molecule has 0 bridgehead atoms. The van der Waals surface area contributed by atoms with Crippen LogP contribution in [0.1, 0.15) is 59.9 Å². The van der Waals surface area contributed by atoms with Gasteiger partial charge in [-0.15, -0.1) is 0 Å². The van der Waals surface area contributed by atoms with E-state index in [0.29, 0.717) is 31.5 Å². The molecule has 0 spiro atoms. The lowest BCUT2D eigenvalue weighted by Gasteiger charge is -2.34. The van der Waals surface area contributed by atoms with Crippen LogP contribution < -0.4 is 5.32 Å². The van der Waals surface area contributed by atoms with Crippen LogP contribution in [0.3, 0.4) is 0 Å². The van der Waals surface area contributed by atoms with Crippen molar-refractivity contribution < 1.29 is 22.7 Å². The van der Waals surface area contributed by atoms with Crippen molar-refractivity contribution >= 4 is 26.9 Å². The highest BCUT2D eigenvalue weighted by Gasteiger charge is 2.49. The summed E-state index contributed by atoms with van der Waals surface area (Å²) in [7, 11) is -4.02. The van der Waals surface area contributed by atoms with Crippen LogP contribution in [0, 0.1) is 0 Å². The third kappa shape index (κ3) is 4.92. The van der Waals surface area contributed by atoms with Crippen molar-refractivity contribution in [3.8, 4) is 0 Å². The zero-order chi connectivity index (χ0) is 23.9. The van der Waals surface area contributed by atoms with E-state index in [-0.39, 0.29) is 22.7 Å². The number of nitrogens with one attached hydrogen (secondary N) is 1. The van der Waals surface area contributed by atoms with Gasteiger partial charge in [0.2, 0.25) is 0 Å². The van der Waals surface area contributed by atoms with Gasteiger partial charge in [0.1, 0.15) is 16.2 Å². The molecule has 176 valence electrons. The van der Waals surface area contributed by atoms with E-state index < -0.39 is 27.1 Å².